The van der Waals surface area contributed by atoms with Gasteiger partial charge in [-0.2, -0.15) is 5.10 Å². The summed E-state index contributed by atoms with van der Waals surface area (Å²) in [6.45, 7) is 2.93. The molecule has 0 spiro atoms. The lowest BCUT2D eigenvalue weighted by Crippen LogP contribution is -2.29. The lowest BCUT2D eigenvalue weighted by molar-refractivity contribution is -0.122. The normalized spacial score (nSPS) is 22.5. The molecule has 2 heterocycles. The maximum Gasteiger partial charge on any atom is 0.241 e. The predicted molar refractivity (Wildman–Crippen MR) is 75.4 cm³/mol. The van der Waals surface area contributed by atoms with Gasteiger partial charge in [-0.3, -0.25) is 9.48 Å². The summed E-state index contributed by atoms with van der Waals surface area (Å²) in [4.78, 5) is 11.7. The summed E-state index contributed by atoms with van der Waals surface area (Å²) < 4.78 is 7.14. The fourth-order valence-corrected chi connectivity index (χ4v) is 2.42. The summed E-state index contributed by atoms with van der Waals surface area (Å²) in [5.74, 6) is 0.619. The first-order valence-electron chi connectivity index (χ1n) is 7.43. The molecule has 1 aromatic heterocycles. The molecule has 1 saturated carbocycles. The SMILES string of the molecule is O=C(Cn1cc(NCC2CCCOC2)cn1)NC1CC1. The molecule has 1 amide bonds. The summed E-state index contributed by atoms with van der Waals surface area (Å²) in [5, 5.41) is 10.5. The van der Waals surface area contributed by atoms with E-state index in [-0.39, 0.29) is 5.91 Å². The Bertz CT molecular complexity index is 450. The van der Waals surface area contributed by atoms with E-state index in [0.29, 0.717) is 18.5 Å². The monoisotopic (exact) mass is 278 g/mol. The molecule has 2 aliphatic rings. The first-order valence-corrected chi connectivity index (χ1v) is 7.43. The van der Waals surface area contributed by atoms with Crippen molar-refractivity contribution in [3.63, 3.8) is 0 Å². The molecule has 1 aromatic rings. The van der Waals surface area contributed by atoms with Gasteiger partial charge in [0.15, 0.2) is 0 Å². The van der Waals surface area contributed by atoms with E-state index < -0.39 is 0 Å². The number of nitrogens with zero attached hydrogens (tertiary/aromatic N) is 2. The van der Waals surface area contributed by atoms with Crippen molar-refractivity contribution in [3.8, 4) is 0 Å². The zero-order chi connectivity index (χ0) is 13.8. The lowest BCUT2D eigenvalue weighted by atomic mass is 10.0. The number of rotatable bonds is 6. The minimum atomic E-state index is 0.0443. The van der Waals surface area contributed by atoms with Crippen LogP contribution in [0.3, 0.4) is 0 Å². The van der Waals surface area contributed by atoms with Crippen LogP contribution in [0.25, 0.3) is 0 Å². The maximum absolute atomic E-state index is 11.7. The Morgan fingerprint density at radius 1 is 1.45 bits per heavy atom. The average Bonchev–Trinajstić information content (AvgIpc) is 3.15. The Balaban J connectivity index is 1.42. The van der Waals surface area contributed by atoms with Crippen molar-refractivity contribution in [2.45, 2.75) is 38.3 Å². The Labute approximate surface area is 118 Å². The number of ether oxygens (including phenoxy) is 1. The van der Waals surface area contributed by atoms with Crippen molar-refractivity contribution in [1.29, 1.82) is 0 Å². The summed E-state index contributed by atoms with van der Waals surface area (Å²) in [5.41, 5.74) is 0.967. The van der Waals surface area contributed by atoms with Gasteiger partial charge in [0.1, 0.15) is 6.54 Å². The molecule has 110 valence electrons. The van der Waals surface area contributed by atoms with Gasteiger partial charge < -0.3 is 15.4 Å². The van der Waals surface area contributed by atoms with Gasteiger partial charge in [0, 0.05) is 25.4 Å². The van der Waals surface area contributed by atoms with Gasteiger partial charge in [-0.1, -0.05) is 0 Å². The third-order valence-electron chi connectivity index (χ3n) is 3.73. The number of carbonyl (C=O) groups is 1. The van der Waals surface area contributed by atoms with Crippen LogP contribution >= 0.6 is 0 Å². The quantitative estimate of drug-likeness (QED) is 0.814. The third kappa shape index (κ3) is 3.96. The van der Waals surface area contributed by atoms with Crippen molar-refractivity contribution in [3.05, 3.63) is 12.4 Å². The van der Waals surface area contributed by atoms with Crippen LogP contribution in [0.1, 0.15) is 25.7 Å². The van der Waals surface area contributed by atoms with E-state index in [2.05, 4.69) is 15.7 Å². The zero-order valence-corrected chi connectivity index (χ0v) is 11.7. The van der Waals surface area contributed by atoms with Gasteiger partial charge in [0.2, 0.25) is 5.91 Å². The molecule has 6 heteroatoms. The van der Waals surface area contributed by atoms with Gasteiger partial charge in [-0.05, 0) is 31.6 Å². The topological polar surface area (TPSA) is 68.2 Å². The number of carbonyl (C=O) groups excluding carboxylic acids is 1. The highest BCUT2D eigenvalue weighted by molar-refractivity contribution is 5.76. The molecular weight excluding hydrogens is 256 g/mol. The summed E-state index contributed by atoms with van der Waals surface area (Å²) >= 11 is 0. The third-order valence-corrected chi connectivity index (χ3v) is 3.73. The fourth-order valence-electron chi connectivity index (χ4n) is 2.42. The molecule has 1 unspecified atom stereocenters. The van der Waals surface area contributed by atoms with Crippen molar-refractivity contribution in [1.82, 2.24) is 15.1 Å². The van der Waals surface area contributed by atoms with Crippen LogP contribution in [0, 0.1) is 5.92 Å². The lowest BCUT2D eigenvalue weighted by Gasteiger charge is -2.22. The van der Waals surface area contributed by atoms with Gasteiger partial charge in [-0.15, -0.1) is 0 Å². The smallest absolute Gasteiger partial charge is 0.241 e. The van der Waals surface area contributed by atoms with Crippen LogP contribution < -0.4 is 10.6 Å². The Kier molecular flexibility index (Phi) is 4.20. The van der Waals surface area contributed by atoms with Gasteiger partial charge in [-0.25, -0.2) is 0 Å². The predicted octanol–water partition coefficient (Wildman–Crippen LogP) is 1.00. The van der Waals surface area contributed by atoms with Crippen LogP contribution in [0.2, 0.25) is 0 Å². The van der Waals surface area contributed by atoms with E-state index >= 15 is 0 Å². The van der Waals surface area contributed by atoms with Crippen LogP contribution in [-0.2, 0) is 16.1 Å². The van der Waals surface area contributed by atoms with Crippen LogP contribution in [-0.4, -0.2) is 41.5 Å². The molecule has 1 atom stereocenters. The molecule has 2 fully saturated rings. The molecule has 1 saturated heterocycles. The van der Waals surface area contributed by atoms with Crippen molar-refractivity contribution in [2.75, 3.05) is 25.1 Å². The van der Waals surface area contributed by atoms with Crippen molar-refractivity contribution < 1.29 is 9.53 Å². The second-order valence-corrected chi connectivity index (χ2v) is 5.73. The van der Waals surface area contributed by atoms with E-state index in [4.69, 9.17) is 4.74 Å². The Morgan fingerprint density at radius 2 is 2.35 bits per heavy atom. The number of aromatic nitrogens is 2. The molecular formula is C14H22N4O2. The van der Waals surface area contributed by atoms with E-state index in [0.717, 1.165) is 44.7 Å². The minimum absolute atomic E-state index is 0.0443. The van der Waals surface area contributed by atoms with Crippen LogP contribution in [0.4, 0.5) is 5.69 Å². The molecule has 0 bridgehead atoms. The molecule has 3 rings (SSSR count). The summed E-state index contributed by atoms with van der Waals surface area (Å²) in [7, 11) is 0. The molecule has 2 N–H and O–H groups in total. The minimum Gasteiger partial charge on any atom is -0.382 e. The number of hydrogen-bond acceptors (Lipinski definition) is 4. The maximum atomic E-state index is 11.7. The first-order chi connectivity index (χ1) is 9.79. The Morgan fingerprint density at radius 3 is 3.10 bits per heavy atom. The molecule has 20 heavy (non-hydrogen) atoms. The van der Waals surface area contributed by atoms with E-state index in [1.54, 1.807) is 10.9 Å². The standard InChI is InChI=1S/C14H22N4O2/c19-14(17-12-3-4-12)9-18-8-13(7-16-18)15-6-11-2-1-5-20-10-11/h7-8,11-12,15H,1-6,9-10H2,(H,17,19). The van der Waals surface area contributed by atoms with E-state index in [9.17, 15) is 4.79 Å². The zero-order valence-electron chi connectivity index (χ0n) is 11.7. The number of amides is 1. The Hall–Kier alpha value is -1.56. The second kappa shape index (κ2) is 6.26. The average molecular weight is 278 g/mol. The molecule has 0 aromatic carbocycles. The van der Waals surface area contributed by atoms with E-state index in [1.807, 2.05) is 6.20 Å². The highest BCUT2D eigenvalue weighted by atomic mass is 16.5. The van der Waals surface area contributed by atoms with Crippen molar-refractivity contribution >= 4 is 11.6 Å². The summed E-state index contributed by atoms with van der Waals surface area (Å²) in [6, 6.07) is 0.405. The number of anilines is 1. The number of hydrogen-bond donors (Lipinski definition) is 2. The second-order valence-electron chi connectivity index (χ2n) is 5.73. The van der Waals surface area contributed by atoms with Crippen LogP contribution in [0.5, 0.6) is 0 Å². The number of nitrogens with one attached hydrogen (secondary N) is 2. The molecule has 6 nitrogen and oxygen atoms in total. The highest BCUT2D eigenvalue weighted by Gasteiger charge is 2.23. The van der Waals surface area contributed by atoms with Gasteiger partial charge in [0.25, 0.3) is 0 Å². The van der Waals surface area contributed by atoms with Crippen LogP contribution in [0.15, 0.2) is 12.4 Å². The van der Waals surface area contributed by atoms with Crippen molar-refractivity contribution in [2.24, 2.45) is 5.92 Å². The summed E-state index contributed by atoms with van der Waals surface area (Å²) in [6.07, 6.45) is 8.24. The van der Waals surface area contributed by atoms with Gasteiger partial charge in [0.05, 0.1) is 18.5 Å². The molecule has 1 aliphatic carbocycles. The molecule has 1 aliphatic heterocycles. The largest absolute Gasteiger partial charge is 0.382 e. The highest BCUT2D eigenvalue weighted by Crippen LogP contribution is 2.18. The first kappa shape index (κ1) is 13.4. The van der Waals surface area contributed by atoms with Gasteiger partial charge >= 0.3 is 0 Å². The fraction of sp³-hybridized carbons (Fsp3) is 0.714. The molecule has 0 radical (unpaired) electrons. The van der Waals surface area contributed by atoms with E-state index in [1.165, 1.54) is 6.42 Å².